The van der Waals surface area contributed by atoms with Gasteiger partial charge in [-0.3, -0.25) is 9.97 Å². The van der Waals surface area contributed by atoms with E-state index in [0.29, 0.717) is 18.1 Å². The lowest BCUT2D eigenvalue weighted by atomic mass is 9.93. The summed E-state index contributed by atoms with van der Waals surface area (Å²) in [5.41, 5.74) is 4.91. The monoisotopic (exact) mass is 388 g/mol. The van der Waals surface area contributed by atoms with Crippen molar-refractivity contribution < 1.29 is 4.74 Å². The molecule has 1 fully saturated rings. The summed E-state index contributed by atoms with van der Waals surface area (Å²) in [5.74, 6) is 0.670. The molecule has 0 amide bonds. The lowest BCUT2D eigenvalue weighted by Gasteiger charge is -2.28. The molecule has 0 unspecified atom stereocenters. The molecular weight excluding hydrogens is 364 g/mol. The molecule has 4 aromatic rings. The molecule has 148 valence electrons. The van der Waals surface area contributed by atoms with Crippen molar-refractivity contribution in [3.05, 3.63) is 49.1 Å². The number of rotatable bonds is 5. The van der Waals surface area contributed by atoms with Gasteiger partial charge in [0.25, 0.3) is 0 Å². The van der Waals surface area contributed by atoms with Crippen LogP contribution in [0.4, 0.5) is 5.95 Å². The zero-order valence-electron chi connectivity index (χ0n) is 16.5. The van der Waals surface area contributed by atoms with E-state index in [-0.39, 0.29) is 0 Å². The fourth-order valence-corrected chi connectivity index (χ4v) is 4.13. The predicted octanol–water partition coefficient (Wildman–Crippen LogP) is 4.10. The Kier molecular flexibility index (Phi) is 4.81. The Labute approximate surface area is 169 Å². The number of anilines is 1. The standard InChI is InChI=1S/C22H24N6O/c1-2-29-17-6-4-16(5-7-17)26-22-25-14-21-18(9-12-28(21)27-22)15-3-8-19-20(13-15)24-11-10-23-19/h3,8-14,16-17H,2,4-7H2,1H3,(H,26,27)/t16-,17+. The lowest BCUT2D eigenvalue weighted by molar-refractivity contribution is 0.0346. The minimum absolute atomic E-state index is 0.401. The topological polar surface area (TPSA) is 77.2 Å². The smallest absolute Gasteiger partial charge is 0.241 e. The van der Waals surface area contributed by atoms with Crippen molar-refractivity contribution in [3.8, 4) is 11.1 Å². The van der Waals surface area contributed by atoms with E-state index >= 15 is 0 Å². The van der Waals surface area contributed by atoms with Crippen LogP contribution in [-0.2, 0) is 4.74 Å². The molecule has 7 heteroatoms. The Balaban J connectivity index is 1.36. The third-order valence-corrected chi connectivity index (χ3v) is 5.61. The van der Waals surface area contributed by atoms with Gasteiger partial charge in [-0.25, -0.2) is 9.50 Å². The average Bonchev–Trinajstić information content (AvgIpc) is 3.18. The molecule has 0 saturated heterocycles. The third-order valence-electron chi connectivity index (χ3n) is 5.61. The van der Waals surface area contributed by atoms with Crippen LogP contribution in [0.2, 0.25) is 0 Å². The first-order valence-corrected chi connectivity index (χ1v) is 10.2. The molecule has 3 heterocycles. The number of fused-ring (bicyclic) bond motifs is 2. The second-order valence-corrected chi connectivity index (χ2v) is 7.47. The van der Waals surface area contributed by atoms with Crippen molar-refractivity contribution in [2.45, 2.75) is 44.8 Å². The number of nitrogens with zero attached hydrogens (tertiary/aromatic N) is 5. The van der Waals surface area contributed by atoms with E-state index in [0.717, 1.165) is 60.0 Å². The van der Waals surface area contributed by atoms with Crippen LogP contribution >= 0.6 is 0 Å². The van der Waals surface area contributed by atoms with Gasteiger partial charge in [0.2, 0.25) is 5.95 Å². The van der Waals surface area contributed by atoms with Gasteiger partial charge in [0.1, 0.15) is 0 Å². The van der Waals surface area contributed by atoms with Gasteiger partial charge in [0, 0.05) is 36.8 Å². The lowest BCUT2D eigenvalue weighted by Crippen LogP contribution is -2.30. The molecule has 0 bridgehead atoms. The van der Waals surface area contributed by atoms with Crippen LogP contribution in [0.1, 0.15) is 32.6 Å². The normalized spacial score (nSPS) is 19.6. The Hall–Kier alpha value is -3.06. The minimum atomic E-state index is 0.401. The molecule has 29 heavy (non-hydrogen) atoms. The maximum Gasteiger partial charge on any atom is 0.241 e. The summed E-state index contributed by atoms with van der Waals surface area (Å²) in [6, 6.07) is 8.59. The maximum absolute atomic E-state index is 5.74. The van der Waals surface area contributed by atoms with E-state index in [9.17, 15) is 0 Å². The van der Waals surface area contributed by atoms with Gasteiger partial charge in [-0.2, -0.15) is 0 Å². The van der Waals surface area contributed by atoms with Gasteiger partial charge in [0.05, 0.1) is 28.9 Å². The molecular formula is C22H24N6O. The summed E-state index contributed by atoms with van der Waals surface area (Å²) < 4.78 is 7.63. The van der Waals surface area contributed by atoms with Gasteiger partial charge < -0.3 is 10.1 Å². The number of nitrogens with one attached hydrogen (secondary N) is 1. The van der Waals surface area contributed by atoms with Gasteiger partial charge in [-0.15, -0.1) is 5.10 Å². The van der Waals surface area contributed by atoms with Crippen molar-refractivity contribution >= 4 is 22.5 Å². The molecule has 0 radical (unpaired) electrons. The second kappa shape index (κ2) is 7.75. The summed E-state index contributed by atoms with van der Waals surface area (Å²) in [5, 5.41) is 8.16. The van der Waals surface area contributed by atoms with Crippen LogP contribution in [-0.4, -0.2) is 43.3 Å². The van der Waals surface area contributed by atoms with Crippen LogP contribution in [0, 0.1) is 0 Å². The number of hydrogen-bond donors (Lipinski definition) is 1. The van der Waals surface area contributed by atoms with Gasteiger partial charge in [-0.1, -0.05) is 6.07 Å². The Morgan fingerprint density at radius 3 is 2.69 bits per heavy atom. The molecule has 1 saturated carbocycles. The van der Waals surface area contributed by atoms with Crippen molar-refractivity contribution in [2.75, 3.05) is 11.9 Å². The highest BCUT2D eigenvalue weighted by Gasteiger charge is 2.22. The molecule has 0 atom stereocenters. The zero-order valence-corrected chi connectivity index (χ0v) is 16.5. The number of aromatic nitrogens is 5. The Morgan fingerprint density at radius 2 is 1.86 bits per heavy atom. The minimum Gasteiger partial charge on any atom is -0.379 e. The molecule has 1 aromatic carbocycles. The molecule has 0 aliphatic heterocycles. The average molecular weight is 388 g/mol. The SMILES string of the molecule is CCO[C@H]1CC[C@@H](Nc2ncc3c(-c4ccc5nccnc5c4)ccn3n2)CC1. The van der Waals surface area contributed by atoms with Crippen molar-refractivity contribution in [1.82, 2.24) is 24.6 Å². The van der Waals surface area contributed by atoms with Crippen LogP contribution in [0.15, 0.2) is 49.1 Å². The number of benzene rings is 1. The number of ether oxygens (including phenoxy) is 1. The highest BCUT2D eigenvalue weighted by atomic mass is 16.5. The van der Waals surface area contributed by atoms with Crippen molar-refractivity contribution in [1.29, 1.82) is 0 Å². The summed E-state index contributed by atoms with van der Waals surface area (Å²) in [6.07, 6.45) is 12.0. The molecule has 3 aromatic heterocycles. The van der Waals surface area contributed by atoms with Crippen LogP contribution < -0.4 is 5.32 Å². The van der Waals surface area contributed by atoms with Gasteiger partial charge >= 0.3 is 0 Å². The quantitative estimate of drug-likeness (QED) is 0.555. The van der Waals surface area contributed by atoms with Crippen LogP contribution in [0.3, 0.4) is 0 Å². The highest BCUT2D eigenvalue weighted by Crippen LogP contribution is 2.28. The van der Waals surface area contributed by atoms with Gasteiger partial charge in [-0.05, 0) is 56.4 Å². The highest BCUT2D eigenvalue weighted by molar-refractivity contribution is 5.86. The van der Waals surface area contributed by atoms with Crippen LogP contribution in [0.25, 0.3) is 27.7 Å². The fraction of sp³-hybridized carbons (Fsp3) is 0.364. The maximum atomic E-state index is 5.74. The first-order chi connectivity index (χ1) is 14.3. The number of hydrogen-bond acceptors (Lipinski definition) is 6. The molecule has 1 N–H and O–H groups in total. The van der Waals surface area contributed by atoms with Crippen LogP contribution in [0.5, 0.6) is 0 Å². The third kappa shape index (κ3) is 3.65. The van der Waals surface area contributed by atoms with E-state index in [1.54, 1.807) is 12.4 Å². The summed E-state index contributed by atoms with van der Waals surface area (Å²) in [4.78, 5) is 13.3. The van der Waals surface area contributed by atoms with E-state index in [1.807, 2.05) is 23.0 Å². The first kappa shape index (κ1) is 18.0. The molecule has 1 aliphatic rings. The Bertz CT molecular complexity index is 1130. The largest absolute Gasteiger partial charge is 0.379 e. The van der Waals surface area contributed by atoms with E-state index in [4.69, 9.17) is 4.74 Å². The first-order valence-electron chi connectivity index (χ1n) is 10.2. The molecule has 1 aliphatic carbocycles. The van der Waals surface area contributed by atoms with E-state index in [2.05, 4.69) is 50.5 Å². The Morgan fingerprint density at radius 1 is 1.03 bits per heavy atom. The zero-order chi connectivity index (χ0) is 19.6. The van der Waals surface area contributed by atoms with Crippen molar-refractivity contribution in [2.24, 2.45) is 0 Å². The van der Waals surface area contributed by atoms with Gasteiger partial charge in [0.15, 0.2) is 0 Å². The van der Waals surface area contributed by atoms with Crippen molar-refractivity contribution in [3.63, 3.8) is 0 Å². The summed E-state index contributed by atoms with van der Waals surface area (Å²) in [6.45, 7) is 2.85. The fourth-order valence-electron chi connectivity index (χ4n) is 4.13. The van der Waals surface area contributed by atoms with E-state index in [1.165, 1.54) is 0 Å². The molecule has 5 rings (SSSR count). The molecule has 7 nitrogen and oxygen atoms in total. The predicted molar refractivity (Wildman–Crippen MR) is 113 cm³/mol. The second-order valence-electron chi connectivity index (χ2n) is 7.47. The summed E-state index contributed by atoms with van der Waals surface area (Å²) >= 11 is 0. The van der Waals surface area contributed by atoms with E-state index < -0.39 is 0 Å². The molecule has 0 spiro atoms. The summed E-state index contributed by atoms with van der Waals surface area (Å²) in [7, 11) is 0.